The third-order valence-corrected chi connectivity index (χ3v) is 7.28. The number of fused-ring (bicyclic) bond motifs is 2. The molecule has 0 bridgehead atoms. The highest BCUT2D eigenvalue weighted by Crippen LogP contribution is 2.36. The number of hydrogen-bond acceptors (Lipinski definition) is 7. The SMILES string of the molecule is Cc1ccc(C)c(S(=O)(=O)c2c(N)n(/N=C\c3ccccn3)c3nc4ccccc4nc23)c1. The minimum Gasteiger partial charge on any atom is -0.382 e. The Labute approximate surface area is 190 Å². The van der Waals surface area contributed by atoms with Gasteiger partial charge in [0.25, 0.3) is 0 Å². The lowest BCUT2D eigenvalue weighted by Gasteiger charge is -2.09. The second-order valence-electron chi connectivity index (χ2n) is 7.68. The molecule has 2 aromatic carbocycles. The molecule has 0 amide bonds. The van der Waals surface area contributed by atoms with Gasteiger partial charge in [-0.25, -0.2) is 18.4 Å². The molecule has 0 radical (unpaired) electrons. The van der Waals surface area contributed by atoms with Gasteiger partial charge in [0.2, 0.25) is 9.84 Å². The van der Waals surface area contributed by atoms with Gasteiger partial charge in [-0.3, -0.25) is 4.98 Å². The molecule has 9 heteroatoms. The number of anilines is 1. The summed E-state index contributed by atoms with van der Waals surface area (Å²) in [6, 6.07) is 17.9. The zero-order valence-corrected chi connectivity index (χ0v) is 18.8. The average Bonchev–Trinajstić information content (AvgIpc) is 3.09. The van der Waals surface area contributed by atoms with Crippen LogP contribution in [0, 0.1) is 13.8 Å². The number of benzene rings is 2. The van der Waals surface area contributed by atoms with E-state index in [1.807, 2.05) is 31.2 Å². The molecule has 0 saturated heterocycles. The zero-order chi connectivity index (χ0) is 23.2. The predicted molar refractivity (Wildman–Crippen MR) is 128 cm³/mol. The molecule has 0 aliphatic rings. The van der Waals surface area contributed by atoms with Crippen LogP contribution >= 0.6 is 0 Å². The molecule has 0 saturated carbocycles. The Morgan fingerprint density at radius 3 is 2.42 bits per heavy atom. The average molecular weight is 457 g/mol. The maximum absolute atomic E-state index is 13.8. The van der Waals surface area contributed by atoms with E-state index in [0.717, 1.165) is 5.56 Å². The van der Waals surface area contributed by atoms with Gasteiger partial charge in [-0.15, -0.1) is 0 Å². The van der Waals surface area contributed by atoms with Gasteiger partial charge in [0.05, 0.1) is 27.8 Å². The second-order valence-corrected chi connectivity index (χ2v) is 9.54. The van der Waals surface area contributed by atoms with Gasteiger partial charge >= 0.3 is 0 Å². The van der Waals surface area contributed by atoms with Crippen LogP contribution in [0.1, 0.15) is 16.8 Å². The van der Waals surface area contributed by atoms with Gasteiger partial charge in [0.1, 0.15) is 16.2 Å². The Bertz CT molecular complexity index is 1660. The van der Waals surface area contributed by atoms with Crippen molar-refractivity contribution in [1.82, 2.24) is 19.6 Å². The van der Waals surface area contributed by atoms with Crippen LogP contribution in [0.4, 0.5) is 5.82 Å². The topological polar surface area (TPSA) is 116 Å². The highest BCUT2D eigenvalue weighted by molar-refractivity contribution is 7.92. The van der Waals surface area contributed by atoms with E-state index in [0.29, 0.717) is 22.3 Å². The van der Waals surface area contributed by atoms with Crippen molar-refractivity contribution >= 4 is 44.1 Å². The standard InChI is InChI=1S/C24H20N6O2S/c1-15-10-11-16(2)20(13-15)33(31,32)22-21-24(29-19-9-4-3-8-18(19)28-21)30(23(22)25)27-14-17-7-5-6-12-26-17/h3-14H,25H2,1-2H3/b27-14-. The highest BCUT2D eigenvalue weighted by atomic mass is 32.2. The van der Waals surface area contributed by atoms with E-state index in [2.05, 4.69) is 20.1 Å². The quantitative estimate of drug-likeness (QED) is 0.410. The van der Waals surface area contributed by atoms with Crippen LogP contribution in [-0.4, -0.2) is 34.3 Å². The lowest BCUT2D eigenvalue weighted by atomic mass is 10.2. The van der Waals surface area contributed by atoms with Crippen molar-refractivity contribution in [2.24, 2.45) is 5.10 Å². The fraction of sp³-hybridized carbons (Fsp3) is 0.0833. The molecule has 5 aromatic rings. The van der Waals surface area contributed by atoms with Crippen molar-refractivity contribution in [2.75, 3.05) is 5.73 Å². The Hall–Kier alpha value is -4.11. The van der Waals surface area contributed by atoms with Crippen LogP contribution in [0.3, 0.4) is 0 Å². The summed E-state index contributed by atoms with van der Waals surface area (Å²) in [5.41, 5.74) is 10.0. The van der Waals surface area contributed by atoms with Gasteiger partial charge in [-0.05, 0) is 55.3 Å². The van der Waals surface area contributed by atoms with Crippen molar-refractivity contribution in [3.05, 3.63) is 83.7 Å². The number of pyridine rings is 1. The monoisotopic (exact) mass is 456 g/mol. The van der Waals surface area contributed by atoms with Gasteiger partial charge in [-0.1, -0.05) is 30.3 Å². The Kier molecular flexibility index (Phi) is 4.90. The molecule has 33 heavy (non-hydrogen) atoms. The summed E-state index contributed by atoms with van der Waals surface area (Å²) in [4.78, 5) is 13.6. The number of nitrogens with zero attached hydrogens (tertiary/aromatic N) is 5. The molecule has 8 nitrogen and oxygen atoms in total. The summed E-state index contributed by atoms with van der Waals surface area (Å²) in [5.74, 6) is -0.0617. The normalized spacial score (nSPS) is 12.2. The van der Waals surface area contributed by atoms with Crippen molar-refractivity contribution in [2.45, 2.75) is 23.6 Å². The van der Waals surface area contributed by atoms with Crippen molar-refractivity contribution in [3.8, 4) is 0 Å². The third-order valence-electron chi connectivity index (χ3n) is 5.32. The Balaban J connectivity index is 1.83. The number of para-hydroxylation sites is 2. The van der Waals surface area contributed by atoms with E-state index in [1.165, 1.54) is 10.9 Å². The first-order chi connectivity index (χ1) is 15.9. The number of aromatic nitrogens is 4. The van der Waals surface area contributed by atoms with Crippen molar-refractivity contribution < 1.29 is 8.42 Å². The van der Waals surface area contributed by atoms with Crippen LogP contribution in [-0.2, 0) is 9.84 Å². The minimum absolute atomic E-state index is 0.0617. The van der Waals surface area contributed by atoms with Crippen molar-refractivity contribution in [1.29, 1.82) is 0 Å². The summed E-state index contributed by atoms with van der Waals surface area (Å²) < 4.78 is 29.0. The van der Waals surface area contributed by atoms with E-state index in [9.17, 15) is 8.42 Å². The maximum atomic E-state index is 13.8. The molecule has 0 unspecified atom stereocenters. The van der Waals surface area contributed by atoms with E-state index in [-0.39, 0.29) is 26.8 Å². The van der Waals surface area contributed by atoms with Crippen LogP contribution in [0.15, 0.2) is 81.8 Å². The van der Waals surface area contributed by atoms with Gasteiger partial charge in [0.15, 0.2) is 5.65 Å². The number of aryl methyl sites for hydroxylation is 2. The molecular formula is C24H20N6O2S. The number of rotatable bonds is 4. The van der Waals surface area contributed by atoms with E-state index >= 15 is 0 Å². The van der Waals surface area contributed by atoms with Crippen molar-refractivity contribution in [3.63, 3.8) is 0 Å². The van der Waals surface area contributed by atoms with E-state index < -0.39 is 9.84 Å². The number of nitrogen functional groups attached to an aromatic ring is 1. The predicted octanol–water partition coefficient (Wildman–Crippen LogP) is 3.89. The number of hydrogen-bond donors (Lipinski definition) is 1. The molecule has 3 heterocycles. The first kappa shape index (κ1) is 20.8. The van der Waals surface area contributed by atoms with Gasteiger partial charge in [0, 0.05) is 6.20 Å². The number of sulfone groups is 1. The Morgan fingerprint density at radius 2 is 1.70 bits per heavy atom. The third kappa shape index (κ3) is 3.52. The summed E-state index contributed by atoms with van der Waals surface area (Å²) in [6.45, 7) is 3.59. The molecule has 0 atom stereocenters. The lowest BCUT2D eigenvalue weighted by Crippen LogP contribution is -2.08. The van der Waals surface area contributed by atoms with Crippen LogP contribution < -0.4 is 5.73 Å². The molecular weight excluding hydrogens is 436 g/mol. The van der Waals surface area contributed by atoms with Crippen LogP contribution in [0.25, 0.3) is 22.2 Å². The Morgan fingerprint density at radius 1 is 0.970 bits per heavy atom. The minimum atomic E-state index is -4.02. The fourth-order valence-corrected chi connectivity index (χ4v) is 5.49. The maximum Gasteiger partial charge on any atom is 0.212 e. The largest absolute Gasteiger partial charge is 0.382 e. The first-order valence-electron chi connectivity index (χ1n) is 10.2. The molecule has 0 aliphatic heterocycles. The molecule has 0 spiro atoms. The summed E-state index contributed by atoms with van der Waals surface area (Å²) in [5, 5.41) is 4.42. The molecule has 0 fully saturated rings. The highest BCUT2D eigenvalue weighted by Gasteiger charge is 2.31. The molecule has 164 valence electrons. The van der Waals surface area contributed by atoms with Gasteiger partial charge in [-0.2, -0.15) is 9.78 Å². The van der Waals surface area contributed by atoms with Gasteiger partial charge < -0.3 is 5.73 Å². The number of nitrogens with two attached hydrogens (primary N) is 1. The molecule has 5 rings (SSSR count). The fourth-order valence-electron chi connectivity index (χ4n) is 3.68. The zero-order valence-electron chi connectivity index (χ0n) is 18.0. The smallest absolute Gasteiger partial charge is 0.212 e. The lowest BCUT2D eigenvalue weighted by molar-refractivity contribution is 0.596. The molecule has 0 aliphatic carbocycles. The summed E-state index contributed by atoms with van der Waals surface area (Å²) in [7, 11) is -4.02. The molecule has 3 aromatic heterocycles. The summed E-state index contributed by atoms with van der Waals surface area (Å²) in [6.07, 6.45) is 3.14. The molecule has 2 N–H and O–H groups in total. The van der Waals surface area contributed by atoms with Crippen LogP contribution in [0.2, 0.25) is 0 Å². The van der Waals surface area contributed by atoms with E-state index in [4.69, 9.17) is 5.73 Å². The van der Waals surface area contributed by atoms with Crippen LogP contribution in [0.5, 0.6) is 0 Å². The second kappa shape index (κ2) is 7.79. The summed E-state index contributed by atoms with van der Waals surface area (Å²) >= 11 is 0. The van der Waals surface area contributed by atoms with E-state index in [1.54, 1.807) is 49.5 Å². The first-order valence-corrected chi connectivity index (χ1v) is 11.7.